The van der Waals surface area contributed by atoms with Crippen molar-refractivity contribution in [3.05, 3.63) is 29.5 Å². The zero-order valence-corrected chi connectivity index (χ0v) is 12.5. The van der Waals surface area contributed by atoms with Gasteiger partial charge in [-0.15, -0.1) is 0 Å². The monoisotopic (exact) mass is 278 g/mol. The molecule has 3 nitrogen and oxygen atoms in total. The lowest BCUT2D eigenvalue weighted by Crippen LogP contribution is -2.14. The Hall–Kier alpha value is -1.55. The summed E-state index contributed by atoms with van der Waals surface area (Å²) >= 11 is 0. The van der Waals surface area contributed by atoms with E-state index in [4.69, 9.17) is 4.74 Å². The van der Waals surface area contributed by atoms with Crippen molar-refractivity contribution >= 4 is 10.9 Å². The number of ether oxygens (including phenoxy) is 1. The summed E-state index contributed by atoms with van der Waals surface area (Å²) in [6.45, 7) is 3.24. The second-order valence-electron chi connectivity index (χ2n) is 5.37. The van der Waals surface area contributed by atoms with Crippen molar-refractivity contribution in [2.75, 3.05) is 27.2 Å². The van der Waals surface area contributed by atoms with Crippen LogP contribution in [0.5, 0.6) is 5.75 Å². The zero-order valence-electron chi connectivity index (χ0n) is 12.5. The average Bonchev–Trinajstić information content (AvgIpc) is 2.85. The second kappa shape index (κ2) is 6.75. The fraction of sp³-hybridized carbons (Fsp3) is 0.500. The first-order valence-electron chi connectivity index (χ1n) is 7.12. The number of hydrogen-bond acceptors (Lipinski definition) is 2. The standard InChI is InChI=1S/C16H23FN2O/c1-4-7-20-15-9-12(10-17)8-14-16(15)13(11-18-14)5-6-19(2)3/h8-9,11,18H,4-7,10H2,1-3H3. The first kappa shape index (κ1) is 14.9. The van der Waals surface area contributed by atoms with E-state index in [0.29, 0.717) is 12.2 Å². The topological polar surface area (TPSA) is 28.3 Å². The predicted octanol–water partition coefficient (Wildman–Crippen LogP) is 3.53. The van der Waals surface area contributed by atoms with Gasteiger partial charge in [-0.05, 0) is 50.2 Å². The fourth-order valence-electron chi connectivity index (χ4n) is 2.30. The molecule has 0 saturated carbocycles. The van der Waals surface area contributed by atoms with E-state index < -0.39 is 6.67 Å². The molecule has 2 rings (SSSR count). The SMILES string of the molecule is CCCOc1cc(CF)cc2[nH]cc(CCN(C)C)c12. The number of H-pyrrole nitrogens is 1. The highest BCUT2D eigenvalue weighted by Crippen LogP contribution is 2.31. The predicted molar refractivity (Wildman–Crippen MR) is 81.2 cm³/mol. The number of aromatic amines is 1. The molecule has 0 fully saturated rings. The Morgan fingerprint density at radius 1 is 1.30 bits per heavy atom. The number of benzene rings is 1. The zero-order chi connectivity index (χ0) is 14.5. The van der Waals surface area contributed by atoms with Crippen molar-refractivity contribution in [1.82, 2.24) is 9.88 Å². The fourth-order valence-corrected chi connectivity index (χ4v) is 2.30. The number of fused-ring (bicyclic) bond motifs is 1. The Kier molecular flexibility index (Phi) is 5.01. The maximum Gasteiger partial charge on any atom is 0.129 e. The van der Waals surface area contributed by atoms with Gasteiger partial charge in [-0.1, -0.05) is 6.92 Å². The molecule has 0 unspecified atom stereocenters. The third-order valence-electron chi connectivity index (χ3n) is 3.33. The molecule has 2 aromatic rings. The van der Waals surface area contributed by atoms with Gasteiger partial charge in [-0.25, -0.2) is 4.39 Å². The minimum absolute atomic E-state index is 0.468. The normalized spacial score (nSPS) is 11.4. The van der Waals surface area contributed by atoms with Gasteiger partial charge in [0.2, 0.25) is 0 Å². The average molecular weight is 278 g/mol. The molecule has 0 bridgehead atoms. The maximum absolute atomic E-state index is 12.9. The highest BCUT2D eigenvalue weighted by molar-refractivity contribution is 5.90. The summed E-state index contributed by atoms with van der Waals surface area (Å²) < 4.78 is 18.8. The molecule has 20 heavy (non-hydrogen) atoms. The van der Waals surface area contributed by atoms with Gasteiger partial charge < -0.3 is 14.6 Å². The first-order valence-corrected chi connectivity index (χ1v) is 7.12. The molecule has 0 aliphatic heterocycles. The summed E-state index contributed by atoms with van der Waals surface area (Å²) in [6.07, 6.45) is 3.90. The Labute approximate surface area is 119 Å². The highest BCUT2D eigenvalue weighted by atomic mass is 19.1. The van der Waals surface area contributed by atoms with Crippen LogP contribution in [0.4, 0.5) is 4.39 Å². The van der Waals surface area contributed by atoms with Gasteiger partial charge in [-0.3, -0.25) is 0 Å². The van der Waals surface area contributed by atoms with Crippen LogP contribution in [0.2, 0.25) is 0 Å². The summed E-state index contributed by atoms with van der Waals surface area (Å²) in [4.78, 5) is 5.39. The molecule has 4 heteroatoms. The molecular formula is C16H23FN2O. The van der Waals surface area contributed by atoms with Gasteiger partial charge in [0, 0.05) is 23.6 Å². The Bertz CT molecular complexity index is 563. The van der Waals surface area contributed by atoms with Gasteiger partial charge in [0.1, 0.15) is 12.4 Å². The van der Waals surface area contributed by atoms with Crippen molar-refractivity contribution in [2.45, 2.75) is 26.4 Å². The van der Waals surface area contributed by atoms with Crippen molar-refractivity contribution in [3.63, 3.8) is 0 Å². The number of rotatable bonds is 7. The Morgan fingerprint density at radius 3 is 2.75 bits per heavy atom. The number of aromatic nitrogens is 1. The van der Waals surface area contributed by atoms with Crippen LogP contribution < -0.4 is 4.74 Å². The minimum atomic E-state index is -0.468. The number of nitrogens with zero attached hydrogens (tertiary/aromatic N) is 1. The molecule has 0 aliphatic rings. The molecule has 0 aliphatic carbocycles. The van der Waals surface area contributed by atoms with Crippen molar-refractivity contribution in [3.8, 4) is 5.75 Å². The van der Waals surface area contributed by atoms with Crippen LogP contribution in [0.1, 0.15) is 24.5 Å². The van der Waals surface area contributed by atoms with E-state index in [2.05, 4.69) is 30.9 Å². The lowest BCUT2D eigenvalue weighted by Gasteiger charge is -2.11. The number of likely N-dealkylation sites (N-methyl/N-ethyl adjacent to an activating group) is 1. The first-order chi connectivity index (χ1) is 9.65. The van der Waals surface area contributed by atoms with Gasteiger partial charge in [0.05, 0.1) is 6.61 Å². The van der Waals surface area contributed by atoms with Crippen molar-refractivity contribution < 1.29 is 9.13 Å². The maximum atomic E-state index is 12.9. The Morgan fingerprint density at radius 2 is 2.10 bits per heavy atom. The summed E-state index contributed by atoms with van der Waals surface area (Å²) in [7, 11) is 4.12. The minimum Gasteiger partial charge on any atom is -0.493 e. The van der Waals surface area contributed by atoms with E-state index in [-0.39, 0.29) is 0 Å². The van der Waals surface area contributed by atoms with Crippen LogP contribution in [0.15, 0.2) is 18.3 Å². The van der Waals surface area contributed by atoms with Crippen LogP contribution in [0.25, 0.3) is 10.9 Å². The van der Waals surface area contributed by atoms with E-state index in [9.17, 15) is 4.39 Å². The van der Waals surface area contributed by atoms with E-state index in [1.807, 2.05) is 18.3 Å². The number of nitrogens with one attached hydrogen (secondary N) is 1. The summed E-state index contributed by atoms with van der Waals surface area (Å²) in [6, 6.07) is 3.69. The van der Waals surface area contributed by atoms with E-state index >= 15 is 0 Å². The lowest BCUT2D eigenvalue weighted by molar-refractivity contribution is 0.320. The lowest BCUT2D eigenvalue weighted by atomic mass is 10.1. The van der Waals surface area contributed by atoms with E-state index in [1.54, 1.807) is 0 Å². The third-order valence-corrected chi connectivity index (χ3v) is 3.33. The molecule has 1 heterocycles. The van der Waals surface area contributed by atoms with Crippen LogP contribution >= 0.6 is 0 Å². The third kappa shape index (κ3) is 3.31. The highest BCUT2D eigenvalue weighted by Gasteiger charge is 2.12. The van der Waals surface area contributed by atoms with Gasteiger partial charge in [0.25, 0.3) is 0 Å². The van der Waals surface area contributed by atoms with Crippen molar-refractivity contribution in [1.29, 1.82) is 0 Å². The quantitative estimate of drug-likeness (QED) is 0.839. The Balaban J connectivity index is 2.39. The van der Waals surface area contributed by atoms with Gasteiger partial charge >= 0.3 is 0 Å². The molecule has 0 atom stereocenters. The summed E-state index contributed by atoms with van der Waals surface area (Å²) in [5, 5.41) is 1.09. The van der Waals surface area contributed by atoms with Gasteiger partial charge in [-0.2, -0.15) is 0 Å². The summed E-state index contributed by atoms with van der Waals surface area (Å²) in [5.74, 6) is 0.798. The van der Waals surface area contributed by atoms with Gasteiger partial charge in [0.15, 0.2) is 0 Å². The van der Waals surface area contributed by atoms with E-state index in [0.717, 1.165) is 36.0 Å². The van der Waals surface area contributed by atoms with E-state index in [1.165, 1.54) is 5.56 Å². The van der Waals surface area contributed by atoms with Crippen LogP contribution in [-0.2, 0) is 13.1 Å². The molecule has 1 N–H and O–H groups in total. The molecule has 0 amide bonds. The largest absolute Gasteiger partial charge is 0.493 e. The van der Waals surface area contributed by atoms with Crippen molar-refractivity contribution in [2.24, 2.45) is 0 Å². The molecule has 0 radical (unpaired) electrons. The number of hydrogen-bond donors (Lipinski definition) is 1. The number of alkyl halides is 1. The van der Waals surface area contributed by atoms with Crippen LogP contribution in [0, 0.1) is 0 Å². The van der Waals surface area contributed by atoms with Crippen LogP contribution in [-0.4, -0.2) is 37.1 Å². The molecule has 0 spiro atoms. The molecule has 1 aromatic heterocycles. The van der Waals surface area contributed by atoms with Crippen LogP contribution in [0.3, 0.4) is 0 Å². The number of halogens is 1. The second-order valence-corrected chi connectivity index (χ2v) is 5.37. The molecule has 110 valence electrons. The smallest absolute Gasteiger partial charge is 0.129 e. The molecule has 0 saturated heterocycles. The molecule has 1 aromatic carbocycles. The summed E-state index contributed by atoms with van der Waals surface area (Å²) in [5.41, 5.74) is 2.84. The molecular weight excluding hydrogens is 255 g/mol.